The number of halogens is 2. The van der Waals surface area contributed by atoms with Crippen LogP contribution < -0.4 is 0 Å². The zero-order chi connectivity index (χ0) is 16.2. The summed E-state index contributed by atoms with van der Waals surface area (Å²) in [5.74, 6) is -0.781. The maximum Gasteiger partial charge on any atom is 0.255 e. The first kappa shape index (κ1) is 17.2. The van der Waals surface area contributed by atoms with Gasteiger partial charge in [-0.15, -0.1) is 0 Å². The van der Waals surface area contributed by atoms with Crippen molar-refractivity contribution in [2.75, 3.05) is 33.4 Å². The molecule has 0 unspecified atom stereocenters. The summed E-state index contributed by atoms with van der Waals surface area (Å²) in [6.07, 6.45) is 2.32. The van der Waals surface area contributed by atoms with Crippen molar-refractivity contribution in [3.8, 4) is 0 Å². The molecule has 1 aromatic carbocycles. The fraction of sp³-hybridized carbons (Fsp3) is 0.562. The minimum Gasteiger partial charge on any atom is -0.396 e. The van der Waals surface area contributed by atoms with E-state index >= 15 is 0 Å². The van der Waals surface area contributed by atoms with Crippen LogP contribution in [0.1, 0.15) is 29.6 Å². The third-order valence-electron chi connectivity index (χ3n) is 4.28. The Morgan fingerprint density at radius 1 is 1.55 bits per heavy atom. The molecule has 1 heterocycles. The van der Waals surface area contributed by atoms with Crippen molar-refractivity contribution in [1.82, 2.24) is 4.90 Å². The van der Waals surface area contributed by atoms with Crippen LogP contribution in [0.5, 0.6) is 0 Å². The molecular formula is C16H21ClFNO3. The third-order valence-corrected chi connectivity index (χ3v) is 4.61. The number of nitrogens with zero attached hydrogens (tertiary/aromatic N) is 1. The molecule has 0 aliphatic carbocycles. The molecule has 1 amide bonds. The number of rotatable bonds is 5. The molecule has 1 fully saturated rings. The van der Waals surface area contributed by atoms with Crippen molar-refractivity contribution < 1.29 is 19.0 Å². The summed E-state index contributed by atoms with van der Waals surface area (Å²) in [5.41, 5.74) is -0.189. The molecule has 2 rings (SSSR count). The van der Waals surface area contributed by atoms with E-state index in [4.69, 9.17) is 16.3 Å². The maximum atomic E-state index is 13.4. The van der Waals surface area contributed by atoms with Gasteiger partial charge in [0.25, 0.3) is 5.91 Å². The molecule has 0 aromatic heterocycles. The number of amides is 1. The average molecular weight is 330 g/mol. The van der Waals surface area contributed by atoms with Gasteiger partial charge in [0, 0.05) is 32.2 Å². The van der Waals surface area contributed by atoms with E-state index in [1.807, 2.05) is 0 Å². The Balaban J connectivity index is 2.17. The van der Waals surface area contributed by atoms with Gasteiger partial charge >= 0.3 is 0 Å². The van der Waals surface area contributed by atoms with Crippen molar-refractivity contribution >= 4 is 17.5 Å². The van der Waals surface area contributed by atoms with E-state index < -0.39 is 5.82 Å². The SMILES string of the molecule is COCC[C@@]1(CO)CCCN(C(=O)c2cc(F)ccc2Cl)C1. The minimum absolute atomic E-state index is 0.00295. The molecule has 22 heavy (non-hydrogen) atoms. The van der Waals surface area contributed by atoms with Gasteiger partial charge in [-0.05, 0) is 37.5 Å². The quantitative estimate of drug-likeness (QED) is 0.903. The van der Waals surface area contributed by atoms with Crippen LogP contribution in [0.15, 0.2) is 18.2 Å². The fourth-order valence-electron chi connectivity index (χ4n) is 2.94. The lowest BCUT2D eigenvalue weighted by Crippen LogP contribution is -2.48. The third kappa shape index (κ3) is 3.77. The Kier molecular flexibility index (Phi) is 5.78. The predicted octanol–water partition coefficient (Wildman–Crippen LogP) is 2.73. The number of benzene rings is 1. The summed E-state index contributed by atoms with van der Waals surface area (Å²) in [7, 11) is 1.61. The summed E-state index contributed by atoms with van der Waals surface area (Å²) < 4.78 is 18.5. The highest BCUT2D eigenvalue weighted by Gasteiger charge is 2.37. The Hall–Kier alpha value is -1.17. The van der Waals surface area contributed by atoms with Crippen LogP contribution in [0.3, 0.4) is 0 Å². The van der Waals surface area contributed by atoms with Gasteiger partial charge in [0.2, 0.25) is 0 Å². The van der Waals surface area contributed by atoms with Crippen molar-refractivity contribution in [3.63, 3.8) is 0 Å². The van der Waals surface area contributed by atoms with Crippen molar-refractivity contribution in [1.29, 1.82) is 0 Å². The van der Waals surface area contributed by atoms with Crippen molar-refractivity contribution in [2.45, 2.75) is 19.3 Å². The number of ether oxygens (including phenoxy) is 1. The standard InChI is InChI=1S/C16H21ClFNO3/c1-22-8-6-16(11-20)5-2-7-19(10-16)15(21)13-9-12(18)3-4-14(13)17/h3-4,9,20H,2,5-8,10-11H2,1H3/t16-/m0/s1. The van der Waals surface area contributed by atoms with Crippen LogP contribution in [-0.2, 0) is 4.74 Å². The molecule has 1 aliphatic heterocycles. The normalized spacial score (nSPS) is 21.9. The van der Waals surface area contributed by atoms with E-state index in [0.29, 0.717) is 26.1 Å². The van der Waals surface area contributed by atoms with Gasteiger partial charge < -0.3 is 14.7 Å². The number of likely N-dealkylation sites (tertiary alicyclic amines) is 1. The van der Waals surface area contributed by atoms with Crippen LogP contribution in [0.4, 0.5) is 4.39 Å². The minimum atomic E-state index is -0.488. The number of aliphatic hydroxyl groups is 1. The molecule has 4 nitrogen and oxygen atoms in total. The highest BCUT2D eigenvalue weighted by Crippen LogP contribution is 2.34. The van der Waals surface area contributed by atoms with Crippen LogP contribution >= 0.6 is 11.6 Å². The van der Waals surface area contributed by atoms with Gasteiger partial charge in [0.15, 0.2) is 0 Å². The second kappa shape index (κ2) is 7.40. The molecule has 0 saturated carbocycles. The number of hydrogen-bond acceptors (Lipinski definition) is 3. The lowest BCUT2D eigenvalue weighted by Gasteiger charge is -2.42. The van der Waals surface area contributed by atoms with E-state index in [-0.39, 0.29) is 28.5 Å². The Morgan fingerprint density at radius 3 is 3.00 bits per heavy atom. The summed E-state index contributed by atoms with van der Waals surface area (Å²) in [4.78, 5) is 14.3. The first-order chi connectivity index (χ1) is 10.5. The van der Waals surface area contributed by atoms with Crippen LogP contribution in [0.25, 0.3) is 0 Å². The number of methoxy groups -OCH3 is 1. The van der Waals surface area contributed by atoms with Gasteiger partial charge in [-0.25, -0.2) is 4.39 Å². The van der Waals surface area contributed by atoms with E-state index in [1.54, 1.807) is 12.0 Å². The first-order valence-corrected chi connectivity index (χ1v) is 7.73. The molecule has 0 spiro atoms. The first-order valence-electron chi connectivity index (χ1n) is 7.35. The van der Waals surface area contributed by atoms with Gasteiger partial charge in [0.1, 0.15) is 5.82 Å². The van der Waals surface area contributed by atoms with Crippen molar-refractivity contribution in [2.24, 2.45) is 5.41 Å². The topological polar surface area (TPSA) is 49.8 Å². The summed E-state index contributed by atoms with van der Waals surface area (Å²) in [6, 6.07) is 3.78. The number of carbonyl (C=O) groups is 1. The molecule has 1 aliphatic rings. The Morgan fingerprint density at radius 2 is 2.32 bits per heavy atom. The summed E-state index contributed by atoms with van der Waals surface area (Å²) >= 11 is 6.02. The molecule has 1 saturated heterocycles. The predicted molar refractivity (Wildman–Crippen MR) is 82.6 cm³/mol. The van der Waals surface area contributed by atoms with Gasteiger partial charge in [-0.3, -0.25) is 4.79 Å². The Labute approximate surface area is 134 Å². The van der Waals surface area contributed by atoms with Crippen LogP contribution in [-0.4, -0.2) is 49.3 Å². The number of aliphatic hydroxyl groups excluding tert-OH is 1. The molecule has 6 heteroatoms. The molecule has 122 valence electrons. The van der Waals surface area contributed by atoms with Crippen molar-refractivity contribution in [3.05, 3.63) is 34.6 Å². The van der Waals surface area contributed by atoms with E-state index in [1.165, 1.54) is 12.1 Å². The molecule has 0 radical (unpaired) electrons. The molecular weight excluding hydrogens is 309 g/mol. The van der Waals surface area contributed by atoms with Gasteiger partial charge in [0.05, 0.1) is 17.2 Å². The summed E-state index contributed by atoms with van der Waals surface area (Å²) in [6.45, 7) is 1.54. The zero-order valence-corrected chi connectivity index (χ0v) is 13.4. The van der Waals surface area contributed by atoms with E-state index in [2.05, 4.69) is 0 Å². The number of piperidine rings is 1. The van der Waals surface area contributed by atoms with Gasteiger partial charge in [-0.2, -0.15) is 0 Å². The van der Waals surface area contributed by atoms with E-state index in [9.17, 15) is 14.3 Å². The lowest BCUT2D eigenvalue weighted by atomic mass is 9.78. The lowest BCUT2D eigenvalue weighted by molar-refractivity contribution is 0.00897. The second-order valence-electron chi connectivity index (χ2n) is 5.86. The van der Waals surface area contributed by atoms with Gasteiger partial charge in [-0.1, -0.05) is 11.6 Å². The molecule has 1 N–H and O–H groups in total. The molecule has 1 aromatic rings. The van der Waals surface area contributed by atoms with Crippen LogP contribution in [0, 0.1) is 11.2 Å². The average Bonchev–Trinajstić information content (AvgIpc) is 2.54. The molecule has 1 atom stereocenters. The fourth-order valence-corrected chi connectivity index (χ4v) is 3.14. The highest BCUT2D eigenvalue weighted by atomic mass is 35.5. The maximum absolute atomic E-state index is 13.4. The smallest absolute Gasteiger partial charge is 0.255 e. The monoisotopic (exact) mass is 329 g/mol. The zero-order valence-electron chi connectivity index (χ0n) is 12.6. The largest absolute Gasteiger partial charge is 0.396 e. The highest BCUT2D eigenvalue weighted by molar-refractivity contribution is 6.33. The summed E-state index contributed by atoms with van der Waals surface area (Å²) in [5, 5.41) is 10.00. The number of carbonyl (C=O) groups excluding carboxylic acids is 1. The second-order valence-corrected chi connectivity index (χ2v) is 6.26. The van der Waals surface area contributed by atoms with Crippen LogP contribution in [0.2, 0.25) is 5.02 Å². The number of hydrogen-bond donors (Lipinski definition) is 1. The van der Waals surface area contributed by atoms with E-state index in [0.717, 1.165) is 18.9 Å². The molecule has 0 bridgehead atoms. The Bertz CT molecular complexity index is 540.